The molecule has 1 amide bonds. The molecule has 1 atom stereocenters. The van der Waals surface area contributed by atoms with Crippen LogP contribution in [0.25, 0.3) is 10.2 Å². The Morgan fingerprint density at radius 1 is 1.29 bits per heavy atom. The Morgan fingerprint density at radius 3 is 2.83 bits per heavy atom. The lowest BCUT2D eigenvalue weighted by Gasteiger charge is -2.23. The third-order valence-electron chi connectivity index (χ3n) is 3.80. The first-order chi connectivity index (χ1) is 11.5. The number of likely N-dealkylation sites (N-methyl/N-ethyl adjacent to an activating group) is 1. The van der Waals surface area contributed by atoms with E-state index in [2.05, 4.69) is 4.98 Å². The minimum Gasteiger partial charge on any atom is -0.484 e. The molecule has 0 aliphatic rings. The van der Waals surface area contributed by atoms with Crippen LogP contribution in [-0.4, -0.2) is 29.4 Å². The Balaban J connectivity index is 1.66. The number of carbonyl (C=O) groups is 1. The number of rotatable bonds is 5. The Hall–Kier alpha value is -2.47. The zero-order valence-corrected chi connectivity index (χ0v) is 14.2. The number of hydrogen-bond acceptors (Lipinski definition) is 4. The molecule has 1 aromatic heterocycles. The van der Waals surface area contributed by atoms with E-state index < -0.39 is 5.82 Å². The van der Waals surface area contributed by atoms with E-state index in [1.54, 1.807) is 35.4 Å². The number of benzene rings is 2. The van der Waals surface area contributed by atoms with Crippen molar-refractivity contribution in [1.29, 1.82) is 0 Å². The average Bonchev–Trinajstić information content (AvgIpc) is 3.02. The zero-order valence-electron chi connectivity index (χ0n) is 13.4. The number of ether oxygens (including phenoxy) is 1. The Labute approximate surface area is 143 Å². The van der Waals surface area contributed by atoms with Gasteiger partial charge in [-0.05, 0) is 31.2 Å². The minimum absolute atomic E-state index is 0.144. The molecule has 0 unspecified atom stereocenters. The second-order valence-corrected chi connectivity index (χ2v) is 6.51. The van der Waals surface area contributed by atoms with Crippen LogP contribution in [0.4, 0.5) is 4.39 Å². The summed E-state index contributed by atoms with van der Waals surface area (Å²) in [5.74, 6) is -0.244. The molecule has 3 rings (SSSR count). The number of halogens is 1. The molecule has 0 saturated carbocycles. The van der Waals surface area contributed by atoms with Gasteiger partial charge in [-0.25, -0.2) is 9.37 Å². The lowest BCUT2D eigenvalue weighted by atomic mass is 10.3. The lowest BCUT2D eigenvalue weighted by molar-refractivity contribution is -0.134. The highest BCUT2D eigenvalue weighted by Gasteiger charge is 2.21. The summed E-state index contributed by atoms with van der Waals surface area (Å²) in [6.07, 6.45) is 0. The van der Waals surface area contributed by atoms with Gasteiger partial charge < -0.3 is 9.64 Å². The van der Waals surface area contributed by atoms with Gasteiger partial charge in [0, 0.05) is 13.1 Å². The van der Waals surface area contributed by atoms with E-state index in [9.17, 15) is 9.18 Å². The van der Waals surface area contributed by atoms with Crippen LogP contribution in [0.1, 0.15) is 18.0 Å². The van der Waals surface area contributed by atoms with E-state index >= 15 is 0 Å². The van der Waals surface area contributed by atoms with Crippen molar-refractivity contribution >= 4 is 27.5 Å². The maximum Gasteiger partial charge on any atom is 0.260 e. The molecule has 1 heterocycles. The third-order valence-corrected chi connectivity index (χ3v) is 5.01. The van der Waals surface area contributed by atoms with Crippen LogP contribution in [0.2, 0.25) is 0 Å². The van der Waals surface area contributed by atoms with Crippen molar-refractivity contribution in [3.8, 4) is 5.75 Å². The largest absolute Gasteiger partial charge is 0.484 e. The first kappa shape index (κ1) is 16.4. The normalized spacial score (nSPS) is 12.1. The van der Waals surface area contributed by atoms with E-state index in [4.69, 9.17) is 4.74 Å². The second-order valence-electron chi connectivity index (χ2n) is 5.45. The van der Waals surface area contributed by atoms with Crippen LogP contribution >= 0.6 is 11.3 Å². The highest BCUT2D eigenvalue weighted by Crippen LogP contribution is 2.28. The van der Waals surface area contributed by atoms with Crippen molar-refractivity contribution in [3.05, 3.63) is 59.4 Å². The van der Waals surface area contributed by atoms with Crippen molar-refractivity contribution in [1.82, 2.24) is 9.88 Å². The van der Waals surface area contributed by atoms with Gasteiger partial charge in [-0.15, -0.1) is 11.3 Å². The Bertz CT molecular complexity index is 832. The summed E-state index contributed by atoms with van der Waals surface area (Å²) in [5, 5.41) is 0.873. The molecular formula is C18H17FN2O2S. The number of aromatic nitrogens is 1. The van der Waals surface area contributed by atoms with Gasteiger partial charge in [-0.1, -0.05) is 18.2 Å². The molecule has 0 fully saturated rings. The summed E-state index contributed by atoms with van der Waals surface area (Å²) >= 11 is 1.57. The van der Waals surface area contributed by atoms with Crippen LogP contribution in [0.15, 0.2) is 48.5 Å². The molecular weight excluding hydrogens is 327 g/mol. The molecule has 24 heavy (non-hydrogen) atoms. The number of para-hydroxylation sites is 1. The summed E-state index contributed by atoms with van der Waals surface area (Å²) in [5.41, 5.74) is 0.932. The Morgan fingerprint density at radius 2 is 2.08 bits per heavy atom. The average molecular weight is 344 g/mol. The molecule has 0 aliphatic heterocycles. The van der Waals surface area contributed by atoms with Crippen LogP contribution in [0.3, 0.4) is 0 Å². The number of hydrogen-bond donors (Lipinski definition) is 0. The molecule has 3 aromatic rings. The number of amides is 1. The van der Waals surface area contributed by atoms with Crippen LogP contribution in [0, 0.1) is 5.82 Å². The fourth-order valence-electron chi connectivity index (χ4n) is 2.25. The molecule has 124 valence electrons. The van der Waals surface area contributed by atoms with Gasteiger partial charge in [0.25, 0.3) is 5.91 Å². The summed E-state index contributed by atoms with van der Waals surface area (Å²) in [7, 11) is 1.72. The monoisotopic (exact) mass is 344 g/mol. The number of thiazole rings is 1. The van der Waals surface area contributed by atoms with E-state index in [0.29, 0.717) is 5.75 Å². The summed E-state index contributed by atoms with van der Waals surface area (Å²) in [6.45, 7) is 1.78. The van der Waals surface area contributed by atoms with Crippen molar-refractivity contribution < 1.29 is 13.9 Å². The van der Waals surface area contributed by atoms with Gasteiger partial charge in [0.05, 0.1) is 16.3 Å². The van der Waals surface area contributed by atoms with Gasteiger partial charge in [0.1, 0.15) is 16.6 Å². The maximum absolute atomic E-state index is 13.1. The van der Waals surface area contributed by atoms with E-state index in [-0.39, 0.29) is 18.6 Å². The quantitative estimate of drug-likeness (QED) is 0.702. The molecule has 4 nitrogen and oxygen atoms in total. The first-order valence-electron chi connectivity index (χ1n) is 7.54. The molecule has 2 aromatic carbocycles. The third kappa shape index (κ3) is 3.54. The van der Waals surface area contributed by atoms with Crippen molar-refractivity contribution in [2.45, 2.75) is 13.0 Å². The highest BCUT2D eigenvalue weighted by atomic mass is 32.1. The van der Waals surface area contributed by atoms with Crippen molar-refractivity contribution in [2.75, 3.05) is 13.7 Å². The van der Waals surface area contributed by atoms with Crippen LogP contribution in [-0.2, 0) is 4.79 Å². The predicted molar refractivity (Wildman–Crippen MR) is 92.7 cm³/mol. The molecule has 0 radical (unpaired) electrons. The minimum atomic E-state index is -0.392. The fourth-order valence-corrected chi connectivity index (χ4v) is 3.32. The molecule has 0 saturated heterocycles. The van der Waals surface area contributed by atoms with E-state index in [0.717, 1.165) is 15.2 Å². The summed E-state index contributed by atoms with van der Waals surface area (Å²) in [4.78, 5) is 18.5. The standard InChI is InChI=1S/C18H17FN2O2S/c1-12(18-20-15-8-3-4-9-16(15)24-18)21(2)17(22)11-23-14-7-5-6-13(19)10-14/h3-10,12H,11H2,1-2H3/t12-/m1/s1. The van der Waals surface area contributed by atoms with Crippen molar-refractivity contribution in [3.63, 3.8) is 0 Å². The number of carbonyl (C=O) groups excluding carboxylic acids is 1. The van der Waals surface area contributed by atoms with E-state index in [1.807, 2.05) is 31.2 Å². The lowest BCUT2D eigenvalue weighted by Crippen LogP contribution is -2.33. The summed E-state index contributed by atoms with van der Waals surface area (Å²) in [6, 6.07) is 13.5. The van der Waals surface area contributed by atoms with Gasteiger partial charge in [0.2, 0.25) is 0 Å². The Kier molecular flexibility index (Phi) is 4.76. The summed E-state index contributed by atoms with van der Waals surface area (Å²) < 4.78 is 19.6. The topological polar surface area (TPSA) is 42.4 Å². The second kappa shape index (κ2) is 6.97. The maximum atomic E-state index is 13.1. The zero-order chi connectivity index (χ0) is 17.1. The van der Waals surface area contributed by atoms with Gasteiger partial charge in [0.15, 0.2) is 6.61 Å². The number of nitrogens with zero attached hydrogens (tertiary/aromatic N) is 2. The fraction of sp³-hybridized carbons (Fsp3) is 0.222. The molecule has 0 spiro atoms. The van der Waals surface area contributed by atoms with Gasteiger partial charge in [-0.3, -0.25) is 4.79 Å². The SMILES string of the molecule is C[C@H](c1nc2ccccc2s1)N(C)C(=O)COc1cccc(F)c1. The van der Waals surface area contributed by atoms with Gasteiger partial charge >= 0.3 is 0 Å². The van der Waals surface area contributed by atoms with E-state index in [1.165, 1.54) is 12.1 Å². The van der Waals surface area contributed by atoms with Crippen molar-refractivity contribution in [2.24, 2.45) is 0 Å². The van der Waals surface area contributed by atoms with Crippen LogP contribution < -0.4 is 4.74 Å². The van der Waals surface area contributed by atoms with Gasteiger partial charge in [-0.2, -0.15) is 0 Å². The van der Waals surface area contributed by atoms with Crippen LogP contribution in [0.5, 0.6) is 5.75 Å². The molecule has 6 heteroatoms. The highest BCUT2D eigenvalue weighted by molar-refractivity contribution is 7.18. The molecule has 0 N–H and O–H groups in total. The predicted octanol–water partition coefficient (Wildman–Crippen LogP) is 4.03. The first-order valence-corrected chi connectivity index (χ1v) is 8.36. The smallest absolute Gasteiger partial charge is 0.260 e. The molecule has 0 aliphatic carbocycles. The number of fused-ring (bicyclic) bond motifs is 1. The molecule has 0 bridgehead atoms.